The maximum atomic E-state index is 13.4. The van der Waals surface area contributed by atoms with Crippen LogP contribution in [0.2, 0.25) is 0 Å². The topological polar surface area (TPSA) is 29.3 Å². The fourth-order valence-electron chi connectivity index (χ4n) is 2.24. The summed E-state index contributed by atoms with van der Waals surface area (Å²) in [5.41, 5.74) is 8.35. The van der Waals surface area contributed by atoms with Crippen molar-refractivity contribution in [2.75, 3.05) is 5.73 Å². The van der Waals surface area contributed by atoms with Gasteiger partial charge in [0.2, 0.25) is 0 Å². The third kappa shape index (κ3) is 4.07. The molecule has 3 heteroatoms. The van der Waals surface area contributed by atoms with Crippen LogP contribution in [0.3, 0.4) is 0 Å². The summed E-state index contributed by atoms with van der Waals surface area (Å²) in [5, 5.41) is 0. The van der Waals surface area contributed by atoms with Crippen molar-refractivity contribution in [1.82, 2.24) is 4.90 Å². The van der Waals surface area contributed by atoms with E-state index in [1.54, 1.807) is 6.07 Å². The quantitative estimate of drug-likeness (QED) is 0.838. The van der Waals surface area contributed by atoms with Crippen LogP contribution in [0.4, 0.5) is 10.1 Å². The lowest BCUT2D eigenvalue weighted by molar-refractivity contribution is 0.203. The van der Waals surface area contributed by atoms with E-state index in [1.807, 2.05) is 24.3 Å². The van der Waals surface area contributed by atoms with E-state index in [2.05, 4.69) is 30.9 Å². The molecule has 2 rings (SSSR count). The van der Waals surface area contributed by atoms with Crippen LogP contribution in [0.5, 0.6) is 0 Å². The van der Waals surface area contributed by atoms with Crippen molar-refractivity contribution in [2.45, 2.75) is 33.0 Å². The fraction of sp³-hybridized carbons (Fsp3) is 0.294. The van der Waals surface area contributed by atoms with Crippen molar-refractivity contribution in [3.63, 3.8) is 0 Å². The molecule has 0 fully saturated rings. The van der Waals surface area contributed by atoms with E-state index >= 15 is 0 Å². The lowest BCUT2D eigenvalue weighted by atomic mass is 10.1. The standard InChI is InChI=1S/C17H21FN2/c1-13(2)20(11-14-6-4-3-5-7-14)12-15-8-16(18)10-17(19)9-15/h3-10,13H,11-12,19H2,1-2H3. The summed E-state index contributed by atoms with van der Waals surface area (Å²) in [7, 11) is 0. The number of nitrogen functional groups attached to an aromatic ring is 1. The van der Waals surface area contributed by atoms with Crippen molar-refractivity contribution in [3.05, 3.63) is 65.5 Å². The largest absolute Gasteiger partial charge is 0.399 e. The molecule has 0 atom stereocenters. The van der Waals surface area contributed by atoms with Crippen LogP contribution in [0, 0.1) is 5.82 Å². The number of benzene rings is 2. The molecule has 0 aromatic heterocycles. The monoisotopic (exact) mass is 272 g/mol. The Balaban J connectivity index is 2.13. The van der Waals surface area contributed by atoms with E-state index < -0.39 is 0 Å². The van der Waals surface area contributed by atoms with Crippen LogP contribution in [0.25, 0.3) is 0 Å². The van der Waals surface area contributed by atoms with Gasteiger partial charge in [0.1, 0.15) is 5.82 Å². The number of halogens is 1. The number of hydrogen-bond acceptors (Lipinski definition) is 2. The van der Waals surface area contributed by atoms with E-state index in [0.29, 0.717) is 18.3 Å². The SMILES string of the molecule is CC(C)N(Cc1ccccc1)Cc1cc(N)cc(F)c1. The molecule has 0 aliphatic rings. The van der Waals surface area contributed by atoms with Crippen LogP contribution < -0.4 is 5.73 Å². The van der Waals surface area contributed by atoms with Crippen LogP contribution >= 0.6 is 0 Å². The van der Waals surface area contributed by atoms with Gasteiger partial charge in [-0.2, -0.15) is 0 Å². The Hall–Kier alpha value is -1.87. The molecule has 0 heterocycles. The van der Waals surface area contributed by atoms with Gasteiger partial charge in [-0.15, -0.1) is 0 Å². The summed E-state index contributed by atoms with van der Waals surface area (Å²) >= 11 is 0. The van der Waals surface area contributed by atoms with Gasteiger partial charge >= 0.3 is 0 Å². The molecule has 0 aliphatic carbocycles. The lowest BCUT2D eigenvalue weighted by Crippen LogP contribution is -2.29. The van der Waals surface area contributed by atoms with Gasteiger partial charge < -0.3 is 5.73 Å². The van der Waals surface area contributed by atoms with Gasteiger partial charge in [0, 0.05) is 24.8 Å². The highest BCUT2D eigenvalue weighted by Crippen LogP contribution is 2.16. The molecule has 2 aromatic rings. The Morgan fingerprint density at radius 3 is 2.25 bits per heavy atom. The number of anilines is 1. The van der Waals surface area contributed by atoms with Gasteiger partial charge in [0.25, 0.3) is 0 Å². The second-order valence-electron chi connectivity index (χ2n) is 5.38. The minimum atomic E-state index is -0.275. The molecule has 0 saturated carbocycles. The van der Waals surface area contributed by atoms with Crippen molar-refractivity contribution >= 4 is 5.69 Å². The Morgan fingerprint density at radius 1 is 1.00 bits per heavy atom. The Bertz CT molecular complexity index is 532. The first-order chi connectivity index (χ1) is 9.54. The first kappa shape index (κ1) is 14.5. The molecule has 2 N–H and O–H groups in total. The van der Waals surface area contributed by atoms with Crippen molar-refractivity contribution in [2.24, 2.45) is 0 Å². The number of nitrogens with two attached hydrogens (primary N) is 1. The van der Waals surface area contributed by atoms with Gasteiger partial charge in [-0.3, -0.25) is 4.90 Å². The van der Waals surface area contributed by atoms with E-state index in [-0.39, 0.29) is 5.82 Å². The molecule has 0 radical (unpaired) electrons. The van der Waals surface area contributed by atoms with Crippen molar-refractivity contribution < 1.29 is 4.39 Å². The van der Waals surface area contributed by atoms with E-state index in [1.165, 1.54) is 11.6 Å². The molecule has 0 spiro atoms. The van der Waals surface area contributed by atoms with E-state index in [4.69, 9.17) is 5.73 Å². The molecule has 2 nitrogen and oxygen atoms in total. The maximum absolute atomic E-state index is 13.4. The number of hydrogen-bond donors (Lipinski definition) is 1. The summed E-state index contributed by atoms with van der Waals surface area (Å²) < 4.78 is 13.4. The molecule has 0 amide bonds. The summed E-state index contributed by atoms with van der Waals surface area (Å²) in [4.78, 5) is 2.30. The van der Waals surface area contributed by atoms with Gasteiger partial charge in [-0.1, -0.05) is 30.3 Å². The van der Waals surface area contributed by atoms with Gasteiger partial charge in [-0.25, -0.2) is 4.39 Å². The van der Waals surface area contributed by atoms with Crippen LogP contribution in [-0.4, -0.2) is 10.9 Å². The molecule has 0 saturated heterocycles. The molecule has 0 bridgehead atoms. The second-order valence-corrected chi connectivity index (χ2v) is 5.38. The molecule has 20 heavy (non-hydrogen) atoms. The summed E-state index contributed by atoms with van der Waals surface area (Å²) in [5.74, 6) is -0.275. The van der Waals surface area contributed by atoms with Gasteiger partial charge in [0.15, 0.2) is 0 Å². The van der Waals surface area contributed by atoms with E-state index in [9.17, 15) is 4.39 Å². The number of rotatable bonds is 5. The van der Waals surface area contributed by atoms with E-state index in [0.717, 1.165) is 12.1 Å². The third-order valence-electron chi connectivity index (χ3n) is 3.32. The van der Waals surface area contributed by atoms with Gasteiger partial charge in [-0.05, 0) is 43.2 Å². The summed E-state index contributed by atoms with van der Waals surface area (Å²) in [6, 6.07) is 15.4. The number of nitrogens with zero attached hydrogens (tertiary/aromatic N) is 1. The highest BCUT2D eigenvalue weighted by Gasteiger charge is 2.11. The minimum absolute atomic E-state index is 0.275. The highest BCUT2D eigenvalue weighted by atomic mass is 19.1. The smallest absolute Gasteiger partial charge is 0.125 e. The summed E-state index contributed by atoms with van der Waals surface area (Å²) in [6.45, 7) is 5.82. The van der Waals surface area contributed by atoms with Crippen LogP contribution in [-0.2, 0) is 13.1 Å². The average molecular weight is 272 g/mol. The minimum Gasteiger partial charge on any atom is -0.399 e. The zero-order chi connectivity index (χ0) is 14.5. The second kappa shape index (κ2) is 6.53. The predicted molar refractivity (Wildman–Crippen MR) is 81.6 cm³/mol. The molecule has 2 aromatic carbocycles. The predicted octanol–water partition coefficient (Wildman–Crippen LogP) is 3.82. The zero-order valence-electron chi connectivity index (χ0n) is 12.0. The fourth-order valence-corrected chi connectivity index (χ4v) is 2.24. The first-order valence-electron chi connectivity index (χ1n) is 6.87. The van der Waals surface area contributed by atoms with Crippen molar-refractivity contribution in [1.29, 1.82) is 0 Å². The molecule has 0 unspecified atom stereocenters. The third-order valence-corrected chi connectivity index (χ3v) is 3.32. The Morgan fingerprint density at radius 2 is 1.65 bits per heavy atom. The van der Waals surface area contributed by atoms with Crippen LogP contribution in [0.1, 0.15) is 25.0 Å². The summed E-state index contributed by atoms with van der Waals surface area (Å²) in [6.07, 6.45) is 0. The maximum Gasteiger partial charge on any atom is 0.125 e. The van der Waals surface area contributed by atoms with Crippen molar-refractivity contribution in [3.8, 4) is 0 Å². The van der Waals surface area contributed by atoms with Crippen LogP contribution in [0.15, 0.2) is 48.5 Å². The average Bonchev–Trinajstić information content (AvgIpc) is 2.38. The molecule has 106 valence electrons. The normalized spacial score (nSPS) is 11.2. The first-order valence-corrected chi connectivity index (χ1v) is 6.87. The Kier molecular flexibility index (Phi) is 4.74. The zero-order valence-corrected chi connectivity index (χ0v) is 12.0. The van der Waals surface area contributed by atoms with Gasteiger partial charge in [0.05, 0.1) is 0 Å². The lowest BCUT2D eigenvalue weighted by Gasteiger charge is -2.26. The molecular weight excluding hydrogens is 251 g/mol. The highest BCUT2D eigenvalue weighted by molar-refractivity contribution is 5.41. The Labute approximate surface area is 120 Å². The molecular formula is C17H21FN2. The molecule has 0 aliphatic heterocycles.